The van der Waals surface area contributed by atoms with E-state index >= 15 is 0 Å². The smallest absolute Gasteiger partial charge is 0.231 e. The van der Waals surface area contributed by atoms with Gasteiger partial charge in [0.15, 0.2) is 0 Å². The van der Waals surface area contributed by atoms with Crippen molar-refractivity contribution in [2.24, 2.45) is 5.73 Å². The van der Waals surface area contributed by atoms with E-state index < -0.39 is 24.2 Å². The summed E-state index contributed by atoms with van der Waals surface area (Å²) in [7, 11) is 0. The van der Waals surface area contributed by atoms with Gasteiger partial charge in [-0.2, -0.15) is 0 Å². The van der Waals surface area contributed by atoms with Gasteiger partial charge in [0.05, 0.1) is 24.8 Å². The molecule has 5 nitrogen and oxygen atoms in total. The molecule has 0 aromatic rings. The molecule has 0 saturated heterocycles. The van der Waals surface area contributed by atoms with Crippen molar-refractivity contribution in [1.29, 1.82) is 0 Å². The van der Waals surface area contributed by atoms with Crippen molar-refractivity contribution >= 4 is 5.91 Å². The largest absolute Gasteiger partial charge is 0.391 e. The third-order valence-corrected chi connectivity index (χ3v) is 2.34. The predicted octanol–water partition coefficient (Wildman–Crippen LogP) is -1.66. The number of hydrogen-bond donors (Lipinski definition) is 4. The Labute approximate surface area is 76.9 Å². The molecular formula is C8H16N2O3. The van der Waals surface area contributed by atoms with Crippen molar-refractivity contribution in [3.05, 3.63) is 0 Å². The molecule has 0 aliphatic heterocycles. The van der Waals surface area contributed by atoms with Gasteiger partial charge in [0.25, 0.3) is 0 Å². The Morgan fingerprint density at radius 2 is 1.92 bits per heavy atom. The van der Waals surface area contributed by atoms with Crippen molar-refractivity contribution in [2.75, 3.05) is 6.54 Å². The molecule has 0 aromatic heterocycles. The first-order chi connectivity index (χ1) is 6.11. The number of primary amides is 1. The van der Waals surface area contributed by atoms with Gasteiger partial charge in [-0.05, 0) is 19.3 Å². The van der Waals surface area contributed by atoms with Crippen LogP contribution in [0.5, 0.6) is 0 Å². The normalized spacial score (nSPS) is 34.5. The highest BCUT2D eigenvalue weighted by Gasteiger charge is 2.30. The SMILES string of the molecule is NC(=O)CNC1C(O)CCCC1O. The molecule has 1 aliphatic carbocycles. The van der Waals surface area contributed by atoms with E-state index in [1.807, 2.05) is 0 Å². The monoisotopic (exact) mass is 188 g/mol. The number of aliphatic hydroxyl groups is 2. The molecule has 2 atom stereocenters. The van der Waals surface area contributed by atoms with Crippen LogP contribution in [-0.4, -0.2) is 40.9 Å². The lowest BCUT2D eigenvalue weighted by Crippen LogP contribution is -2.52. The molecule has 0 aromatic carbocycles. The second-order valence-corrected chi connectivity index (χ2v) is 3.44. The standard InChI is InChI=1S/C8H16N2O3/c9-7(13)4-10-8-5(11)2-1-3-6(8)12/h5-6,8,10-12H,1-4H2,(H2,9,13). The first kappa shape index (κ1) is 10.4. The maximum absolute atomic E-state index is 10.5. The number of nitrogens with two attached hydrogens (primary N) is 1. The van der Waals surface area contributed by atoms with Gasteiger partial charge in [0, 0.05) is 0 Å². The van der Waals surface area contributed by atoms with Crippen LogP contribution in [0.25, 0.3) is 0 Å². The highest BCUT2D eigenvalue weighted by molar-refractivity contribution is 5.75. The Morgan fingerprint density at radius 1 is 1.38 bits per heavy atom. The zero-order valence-corrected chi connectivity index (χ0v) is 7.44. The van der Waals surface area contributed by atoms with Crippen LogP contribution in [0.3, 0.4) is 0 Å². The van der Waals surface area contributed by atoms with Crippen LogP contribution in [0.4, 0.5) is 0 Å². The lowest BCUT2D eigenvalue weighted by Gasteiger charge is -2.32. The number of carbonyl (C=O) groups excluding carboxylic acids is 1. The Bertz CT molecular complexity index is 176. The fourth-order valence-electron chi connectivity index (χ4n) is 1.64. The van der Waals surface area contributed by atoms with E-state index in [2.05, 4.69) is 5.32 Å². The van der Waals surface area contributed by atoms with Crippen molar-refractivity contribution in [1.82, 2.24) is 5.32 Å². The van der Waals surface area contributed by atoms with Crippen LogP contribution in [0.2, 0.25) is 0 Å². The Morgan fingerprint density at radius 3 is 2.38 bits per heavy atom. The third kappa shape index (κ3) is 2.95. The molecule has 1 saturated carbocycles. The number of nitrogens with one attached hydrogen (secondary N) is 1. The molecule has 0 spiro atoms. The van der Waals surface area contributed by atoms with Gasteiger partial charge < -0.3 is 21.3 Å². The lowest BCUT2D eigenvalue weighted by atomic mass is 9.90. The fourth-order valence-corrected chi connectivity index (χ4v) is 1.64. The summed E-state index contributed by atoms with van der Waals surface area (Å²) in [5.41, 5.74) is 4.94. The van der Waals surface area contributed by atoms with Gasteiger partial charge in [-0.25, -0.2) is 0 Å². The molecule has 1 aliphatic rings. The second-order valence-electron chi connectivity index (χ2n) is 3.44. The summed E-state index contributed by atoms with van der Waals surface area (Å²) in [6.45, 7) is -0.00120. The second kappa shape index (κ2) is 4.55. The van der Waals surface area contributed by atoms with Crippen molar-refractivity contribution in [3.63, 3.8) is 0 Å². The van der Waals surface area contributed by atoms with E-state index in [1.165, 1.54) is 0 Å². The minimum atomic E-state index is -0.580. The van der Waals surface area contributed by atoms with Crippen LogP contribution < -0.4 is 11.1 Å². The van der Waals surface area contributed by atoms with E-state index in [9.17, 15) is 15.0 Å². The zero-order valence-electron chi connectivity index (χ0n) is 7.44. The summed E-state index contributed by atoms with van der Waals surface area (Å²) in [4.78, 5) is 10.5. The van der Waals surface area contributed by atoms with Crippen molar-refractivity contribution in [2.45, 2.75) is 37.5 Å². The van der Waals surface area contributed by atoms with E-state index in [1.54, 1.807) is 0 Å². The topological polar surface area (TPSA) is 95.6 Å². The molecular weight excluding hydrogens is 172 g/mol. The van der Waals surface area contributed by atoms with Crippen LogP contribution >= 0.6 is 0 Å². The van der Waals surface area contributed by atoms with E-state index in [0.717, 1.165) is 6.42 Å². The summed E-state index contributed by atoms with van der Waals surface area (Å²) in [6, 6.07) is -0.416. The maximum atomic E-state index is 10.5. The first-order valence-electron chi connectivity index (χ1n) is 4.49. The summed E-state index contributed by atoms with van der Waals surface area (Å²) in [6.07, 6.45) is 0.976. The minimum absolute atomic E-state index is 0.00120. The quantitative estimate of drug-likeness (QED) is 0.426. The van der Waals surface area contributed by atoms with Crippen LogP contribution in [0, 0.1) is 0 Å². The molecule has 0 heterocycles. The zero-order chi connectivity index (χ0) is 9.84. The van der Waals surface area contributed by atoms with Crippen LogP contribution in [0.1, 0.15) is 19.3 Å². The summed E-state index contributed by atoms with van der Waals surface area (Å²) >= 11 is 0. The van der Waals surface area contributed by atoms with E-state index in [-0.39, 0.29) is 6.54 Å². The van der Waals surface area contributed by atoms with E-state index in [4.69, 9.17) is 5.73 Å². The van der Waals surface area contributed by atoms with Crippen LogP contribution in [0.15, 0.2) is 0 Å². The number of amides is 1. The summed E-state index contributed by atoms with van der Waals surface area (Å²) in [5.74, 6) is -0.482. The third-order valence-electron chi connectivity index (χ3n) is 2.34. The average Bonchev–Trinajstić information content (AvgIpc) is 2.03. The molecule has 1 amide bonds. The first-order valence-corrected chi connectivity index (χ1v) is 4.49. The lowest BCUT2D eigenvalue weighted by molar-refractivity contribution is -0.117. The van der Waals surface area contributed by atoms with E-state index in [0.29, 0.717) is 12.8 Å². The highest BCUT2D eigenvalue weighted by Crippen LogP contribution is 2.18. The maximum Gasteiger partial charge on any atom is 0.231 e. The molecule has 1 fully saturated rings. The molecule has 5 N–H and O–H groups in total. The Kier molecular flexibility index (Phi) is 3.65. The van der Waals surface area contributed by atoms with Crippen molar-refractivity contribution in [3.8, 4) is 0 Å². The summed E-state index contributed by atoms with van der Waals surface area (Å²) < 4.78 is 0. The van der Waals surface area contributed by atoms with Gasteiger partial charge in [-0.3, -0.25) is 4.79 Å². The van der Waals surface area contributed by atoms with Gasteiger partial charge >= 0.3 is 0 Å². The average molecular weight is 188 g/mol. The Balaban J connectivity index is 2.39. The molecule has 5 heteroatoms. The number of rotatable bonds is 3. The van der Waals surface area contributed by atoms with Crippen molar-refractivity contribution < 1.29 is 15.0 Å². The highest BCUT2D eigenvalue weighted by atomic mass is 16.3. The summed E-state index contributed by atoms with van der Waals surface area (Å²) in [5, 5.41) is 21.7. The van der Waals surface area contributed by atoms with Gasteiger partial charge in [-0.1, -0.05) is 0 Å². The number of aliphatic hydroxyl groups excluding tert-OH is 2. The molecule has 0 bridgehead atoms. The number of hydrogen-bond acceptors (Lipinski definition) is 4. The van der Waals surface area contributed by atoms with Gasteiger partial charge in [0.2, 0.25) is 5.91 Å². The van der Waals surface area contributed by atoms with Crippen LogP contribution in [-0.2, 0) is 4.79 Å². The number of carbonyl (C=O) groups is 1. The minimum Gasteiger partial charge on any atom is -0.391 e. The molecule has 0 radical (unpaired) electrons. The molecule has 2 unspecified atom stereocenters. The van der Waals surface area contributed by atoms with Gasteiger partial charge in [-0.15, -0.1) is 0 Å². The predicted molar refractivity (Wildman–Crippen MR) is 46.8 cm³/mol. The molecule has 76 valence electrons. The molecule has 13 heavy (non-hydrogen) atoms. The molecule has 1 rings (SSSR count). The van der Waals surface area contributed by atoms with Gasteiger partial charge in [0.1, 0.15) is 0 Å². The Hall–Kier alpha value is -0.650. The fraction of sp³-hybridized carbons (Fsp3) is 0.875.